The Morgan fingerprint density at radius 2 is 1.75 bits per heavy atom. The second-order valence-electron chi connectivity index (χ2n) is 6.66. The number of fused-ring (bicyclic) bond motifs is 1. The number of hydrogen-bond donors (Lipinski definition) is 3. The van der Waals surface area contributed by atoms with Gasteiger partial charge in [-0.25, -0.2) is 0 Å². The molecule has 3 N–H and O–H groups in total. The lowest BCUT2D eigenvalue weighted by Gasteiger charge is -2.13. The molecule has 0 fully saturated rings. The zero-order chi connectivity index (χ0) is 19.5. The molecular formula is C22H20Cl2N4. The number of rotatable bonds is 6. The van der Waals surface area contributed by atoms with Crippen LogP contribution in [0.3, 0.4) is 0 Å². The molecule has 0 unspecified atom stereocenters. The van der Waals surface area contributed by atoms with E-state index in [1.165, 1.54) is 22.0 Å². The maximum Gasteiger partial charge on any atom is 0.0720 e. The number of halogens is 2. The van der Waals surface area contributed by atoms with Crippen LogP contribution in [0, 0.1) is 6.92 Å². The van der Waals surface area contributed by atoms with Crippen LogP contribution in [0.2, 0.25) is 10.0 Å². The molecule has 4 rings (SSSR count). The fraction of sp³-hybridized carbons (Fsp3) is 0.136. The van der Waals surface area contributed by atoms with Gasteiger partial charge in [0.1, 0.15) is 0 Å². The van der Waals surface area contributed by atoms with Gasteiger partial charge < -0.3 is 15.6 Å². The van der Waals surface area contributed by atoms with Crippen molar-refractivity contribution < 1.29 is 0 Å². The fourth-order valence-electron chi connectivity index (χ4n) is 3.31. The van der Waals surface area contributed by atoms with E-state index in [1.807, 2.05) is 24.3 Å². The predicted molar refractivity (Wildman–Crippen MR) is 119 cm³/mol. The minimum Gasteiger partial charge on any atom is -0.382 e. The number of aromatic amines is 1. The van der Waals surface area contributed by atoms with Gasteiger partial charge in [-0.2, -0.15) is 0 Å². The molecule has 2 heterocycles. The molecule has 142 valence electrons. The Morgan fingerprint density at radius 3 is 2.50 bits per heavy atom. The van der Waals surface area contributed by atoms with Gasteiger partial charge >= 0.3 is 0 Å². The molecule has 0 atom stereocenters. The molecule has 0 amide bonds. The zero-order valence-corrected chi connectivity index (χ0v) is 16.9. The van der Waals surface area contributed by atoms with E-state index in [-0.39, 0.29) is 0 Å². The summed E-state index contributed by atoms with van der Waals surface area (Å²) in [5.41, 5.74) is 6.23. The molecule has 0 saturated carbocycles. The first-order valence-corrected chi connectivity index (χ1v) is 9.83. The van der Waals surface area contributed by atoms with Gasteiger partial charge in [0, 0.05) is 47.4 Å². The molecule has 6 heteroatoms. The van der Waals surface area contributed by atoms with Crippen molar-refractivity contribution in [2.75, 3.05) is 17.2 Å². The summed E-state index contributed by atoms with van der Waals surface area (Å²) in [5, 5.41) is 9.07. The number of aromatic nitrogens is 2. The summed E-state index contributed by atoms with van der Waals surface area (Å²) >= 11 is 12.9. The molecule has 2 aromatic heterocycles. The SMILES string of the molecule is Cc1cccc2c(CCNc3c(Cl)cc(Nc4ccncc4)cc3Cl)c[nH]c12. The number of pyridine rings is 1. The van der Waals surface area contributed by atoms with Crippen molar-refractivity contribution in [1.82, 2.24) is 9.97 Å². The predicted octanol–water partition coefficient (Wildman–Crippen LogP) is 6.58. The Labute approximate surface area is 173 Å². The van der Waals surface area contributed by atoms with Crippen LogP contribution in [-0.2, 0) is 6.42 Å². The fourth-order valence-corrected chi connectivity index (χ4v) is 3.93. The third kappa shape index (κ3) is 3.93. The van der Waals surface area contributed by atoms with Crippen molar-refractivity contribution in [3.05, 3.63) is 82.2 Å². The highest BCUT2D eigenvalue weighted by Crippen LogP contribution is 2.35. The van der Waals surface area contributed by atoms with E-state index in [2.05, 4.69) is 51.9 Å². The van der Waals surface area contributed by atoms with E-state index in [0.29, 0.717) is 10.0 Å². The highest BCUT2D eigenvalue weighted by atomic mass is 35.5. The molecule has 2 aromatic carbocycles. The number of hydrogen-bond acceptors (Lipinski definition) is 3. The van der Waals surface area contributed by atoms with E-state index >= 15 is 0 Å². The van der Waals surface area contributed by atoms with Crippen LogP contribution < -0.4 is 10.6 Å². The van der Waals surface area contributed by atoms with Gasteiger partial charge in [-0.1, -0.05) is 41.4 Å². The molecule has 0 radical (unpaired) electrons. The summed E-state index contributed by atoms with van der Waals surface area (Å²) in [7, 11) is 0. The summed E-state index contributed by atoms with van der Waals surface area (Å²) < 4.78 is 0. The number of nitrogens with one attached hydrogen (secondary N) is 3. The Balaban J connectivity index is 1.45. The molecule has 0 saturated heterocycles. The normalized spacial score (nSPS) is 11.0. The monoisotopic (exact) mass is 410 g/mol. The summed E-state index contributed by atoms with van der Waals surface area (Å²) in [4.78, 5) is 7.38. The summed E-state index contributed by atoms with van der Waals surface area (Å²) in [6, 6.07) is 13.9. The number of anilines is 3. The van der Waals surface area contributed by atoms with Gasteiger partial charge in [0.15, 0.2) is 0 Å². The maximum absolute atomic E-state index is 6.47. The number of benzene rings is 2. The topological polar surface area (TPSA) is 52.7 Å². The standard InChI is InChI=1S/C22H20Cl2N4/c1-14-3-2-4-18-15(13-27-21(14)18)5-10-26-22-19(23)11-17(12-20(22)24)28-16-6-8-25-9-7-16/h2-4,6-9,11-13,26-27H,5,10H2,1H3,(H,25,28). The van der Waals surface area contributed by atoms with E-state index < -0.39 is 0 Å². The molecule has 0 aliphatic carbocycles. The van der Waals surface area contributed by atoms with E-state index in [4.69, 9.17) is 23.2 Å². The van der Waals surface area contributed by atoms with Crippen LogP contribution in [0.5, 0.6) is 0 Å². The van der Waals surface area contributed by atoms with Crippen molar-refractivity contribution in [1.29, 1.82) is 0 Å². The van der Waals surface area contributed by atoms with Crippen molar-refractivity contribution in [2.45, 2.75) is 13.3 Å². The van der Waals surface area contributed by atoms with Crippen LogP contribution in [0.4, 0.5) is 17.1 Å². The highest BCUT2D eigenvalue weighted by Gasteiger charge is 2.10. The quantitative estimate of drug-likeness (QED) is 0.336. The van der Waals surface area contributed by atoms with Crippen LogP contribution in [0.15, 0.2) is 61.1 Å². The van der Waals surface area contributed by atoms with Gasteiger partial charge in [-0.3, -0.25) is 4.98 Å². The molecule has 28 heavy (non-hydrogen) atoms. The number of H-pyrrole nitrogens is 1. The van der Waals surface area contributed by atoms with Crippen molar-refractivity contribution in [3.63, 3.8) is 0 Å². The largest absolute Gasteiger partial charge is 0.382 e. The first-order chi connectivity index (χ1) is 13.6. The lowest BCUT2D eigenvalue weighted by molar-refractivity contribution is 1.03. The molecule has 4 aromatic rings. The average Bonchev–Trinajstić information content (AvgIpc) is 3.09. The third-order valence-corrected chi connectivity index (χ3v) is 5.31. The average molecular weight is 411 g/mol. The molecule has 4 nitrogen and oxygen atoms in total. The van der Waals surface area contributed by atoms with Crippen LogP contribution >= 0.6 is 23.2 Å². The van der Waals surface area contributed by atoms with Crippen LogP contribution in [0.25, 0.3) is 10.9 Å². The summed E-state index contributed by atoms with van der Waals surface area (Å²) in [6.07, 6.45) is 6.40. The van der Waals surface area contributed by atoms with E-state index in [1.54, 1.807) is 12.4 Å². The van der Waals surface area contributed by atoms with Crippen LogP contribution in [0.1, 0.15) is 11.1 Å². The minimum absolute atomic E-state index is 0.582. The Kier molecular flexibility index (Phi) is 5.42. The van der Waals surface area contributed by atoms with Gasteiger partial charge in [0.25, 0.3) is 0 Å². The Hall–Kier alpha value is -2.69. The van der Waals surface area contributed by atoms with Crippen molar-refractivity contribution >= 4 is 51.2 Å². The van der Waals surface area contributed by atoms with Gasteiger partial charge in [0.05, 0.1) is 15.7 Å². The maximum atomic E-state index is 6.47. The number of para-hydroxylation sites is 1. The van der Waals surface area contributed by atoms with Gasteiger partial charge in [-0.05, 0) is 48.7 Å². The first-order valence-electron chi connectivity index (χ1n) is 9.07. The Morgan fingerprint density at radius 1 is 1.00 bits per heavy atom. The second-order valence-corrected chi connectivity index (χ2v) is 7.48. The minimum atomic E-state index is 0.582. The van der Waals surface area contributed by atoms with E-state index in [9.17, 15) is 0 Å². The Bertz CT molecular complexity index is 1080. The molecule has 0 spiro atoms. The molecule has 0 bridgehead atoms. The van der Waals surface area contributed by atoms with Crippen molar-refractivity contribution in [2.24, 2.45) is 0 Å². The van der Waals surface area contributed by atoms with Crippen LogP contribution in [-0.4, -0.2) is 16.5 Å². The number of nitrogens with zero attached hydrogens (tertiary/aromatic N) is 1. The molecule has 0 aliphatic heterocycles. The molecular weight excluding hydrogens is 391 g/mol. The van der Waals surface area contributed by atoms with E-state index in [0.717, 1.165) is 30.0 Å². The lowest BCUT2D eigenvalue weighted by Crippen LogP contribution is -2.06. The second kappa shape index (κ2) is 8.13. The summed E-state index contributed by atoms with van der Waals surface area (Å²) in [5.74, 6) is 0. The third-order valence-electron chi connectivity index (χ3n) is 4.72. The number of aryl methyl sites for hydroxylation is 1. The van der Waals surface area contributed by atoms with Gasteiger partial charge in [-0.15, -0.1) is 0 Å². The lowest BCUT2D eigenvalue weighted by atomic mass is 10.1. The smallest absolute Gasteiger partial charge is 0.0720 e. The van der Waals surface area contributed by atoms with Crippen molar-refractivity contribution in [3.8, 4) is 0 Å². The highest BCUT2D eigenvalue weighted by molar-refractivity contribution is 6.39. The van der Waals surface area contributed by atoms with Gasteiger partial charge in [0.2, 0.25) is 0 Å². The summed E-state index contributed by atoms with van der Waals surface area (Å²) in [6.45, 7) is 2.85. The zero-order valence-electron chi connectivity index (χ0n) is 15.4. The molecule has 0 aliphatic rings. The first kappa shape index (κ1) is 18.7.